The molecule has 2 rings (SSSR count). The van der Waals surface area contributed by atoms with Crippen molar-refractivity contribution in [3.63, 3.8) is 0 Å². The molecule has 5 nitrogen and oxygen atoms in total. The Bertz CT molecular complexity index is 566. The number of nitrogens with zero attached hydrogens (tertiary/aromatic N) is 1. The van der Waals surface area contributed by atoms with Crippen molar-refractivity contribution in [2.24, 2.45) is 0 Å². The molecule has 0 saturated heterocycles. The number of carbonyl (C=O) groups excluding carboxylic acids is 2. The first-order chi connectivity index (χ1) is 9.69. The van der Waals surface area contributed by atoms with Gasteiger partial charge in [-0.05, 0) is 36.6 Å². The Kier molecular flexibility index (Phi) is 4.51. The maximum Gasteiger partial charge on any atom is 0.251 e. The van der Waals surface area contributed by atoms with Crippen LogP contribution in [0.5, 0.6) is 0 Å². The van der Waals surface area contributed by atoms with Crippen molar-refractivity contribution in [2.75, 3.05) is 6.54 Å². The van der Waals surface area contributed by atoms with Crippen molar-refractivity contribution in [3.8, 4) is 6.07 Å². The van der Waals surface area contributed by atoms with Crippen LogP contribution in [0.1, 0.15) is 28.8 Å². The molecular weight excluding hydrogens is 254 g/mol. The first kappa shape index (κ1) is 13.8. The number of nitriles is 1. The second-order valence-electron chi connectivity index (χ2n) is 4.58. The molecule has 1 aromatic rings. The molecule has 1 aromatic carbocycles. The van der Waals surface area contributed by atoms with Gasteiger partial charge in [-0.25, -0.2) is 0 Å². The summed E-state index contributed by atoms with van der Waals surface area (Å²) in [4.78, 5) is 23.0. The molecular formula is C15H15N3O2. The average Bonchev–Trinajstić information content (AvgIpc) is 3.27. The van der Waals surface area contributed by atoms with Crippen LogP contribution in [0.25, 0.3) is 6.08 Å². The van der Waals surface area contributed by atoms with Crippen molar-refractivity contribution < 1.29 is 9.59 Å². The van der Waals surface area contributed by atoms with E-state index in [0.29, 0.717) is 11.6 Å². The van der Waals surface area contributed by atoms with Gasteiger partial charge in [0.1, 0.15) is 6.54 Å². The van der Waals surface area contributed by atoms with Gasteiger partial charge in [0.25, 0.3) is 5.91 Å². The van der Waals surface area contributed by atoms with Crippen molar-refractivity contribution in [1.29, 1.82) is 5.26 Å². The summed E-state index contributed by atoms with van der Waals surface area (Å²) >= 11 is 0. The van der Waals surface area contributed by atoms with E-state index in [1.807, 2.05) is 6.07 Å². The number of nitrogens with one attached hydrogen (secondary N) is 2. The second-order valence-corrected chi connectivity index (χ2v) is 4.58. The molecule has 0 aliphatic heterocycles. The number of hydrogen-bond acceptors (Lipinski definition) is 3. The smallest absolute Gasteiger partial charge is 0.251 e. The van der Waals surface area contributed by atoms with Crippen molar-refractivity contribution in [1.82, 2.24) is 10.6 Å². The van der Waals surface area contributed by atoms with Crippen LogP contribution < -0.4 is 10.6 Å². The van der Waals surface area contributed by atoms with Gasteiger partial charge < -0.3 is 10.6 Å². The number of rotatable bonds is 5. The minimum absolute atomic E-state index is 0.0105. The Balaban J connectivity index is 1.90. The topological polar surface area (TPSA) is 82.0 Å². The van der Waals surface area contributed by atoms with E-state index in [9.17, 15) is 9.59 Å². The lowest BCUT2D eigenvalue weighted by atomic mass is 10.1. The van der Waals surface area contributed by atoms with Gasteiger partial charge in [-0.1, -0.05) is 12.1 Å². The molecule has 2 N–H and O–H groups in total. The minimum Gasteiger partial charge on any atom is -0.349 e. The van der Waals surface area contributed by atoms with Gasteiger partial charge >= 0.3 is 0 Å². The van der Waals surface area contributed by atoms with Crippen LogP contribution in [-0.4, -0.2) is 24.4 Å². The van der Waals surface area contributed by atoms with E-state index in [2.05, 4.69) is 10.6 Å². The van der Waals surface area contributed by atoms with E-state index in [-0.39, 0.29) is 18.4 Å². The van der Waals surface area contributed by atoms with E-state index in [4.69, 9.17) is 5.26 Å². The molecule has 20 heavy (non-hydrogen) atoms. The summed E-state index contributed by atoms with van der Waals surface area (Å²) in [6, 6.07) is 9.17. The van der Waals surface area contributed by atoms with Crippen LogP contribution in [0.3, 0.4) is 0 Å². The summed E-state index contributed by atoms with van der Waals surface area (Å²) in [5.41, 5.74) is 1.43. The maximum absolute atomic E-state index is 11.8. The maximum atomic E-state index is 11.8. The summed E-state index contributed by atoms with van der Waals surface area (Å²) in [7, 11) is 0. The van der Waals surface area contributed by atoms with Gasteiger partial charge in [-0.3, -0.25) is 9.59 Å². The molecule has 102 valence electrons. The summed E-state index contributed by atoms with van der Waals surface area (Å²) in [5.74, 6) is -0.378. The predicted octanol–water partition coefficient (Wildman–Crippen LogP) is 1.23. The van der Waals surface area contributed by atoms with Crippen LogP contribution in [0.15, 0.2) is 30.3 Å². The molecule has 5 heteroatoms. The number of hydrogen-bond donors (Lipinski definition) is 2. The van der Waals surface area contributed by atoms with Crippen LogP contribution in [0, 0.1) is 11.3 Å². The number of benzene rings is 1. The molecule has 0 unspecified atom stereocenters. The highest BCUT2D eigenvalue weighted by molar-refractivity contribution is 5.95. The van der Waals surface area contributed by atoms with E-state index in [1.54, 1.807) is 30.3 Å². The molecule has 0 spiro atoms. The number of amides is 2. The largest absolute Gasteiger partial charge is 0.349 e. The van der Waals surface area contributed by atoms with Crippen molar-refractivity contribution >= 4 is 17.9 Å². The quantitative estimate of drug-likeness (QED) is 0.623. The fourth-order valence-corrected chi connectivity index (χ4v) is 1.60. The summed E-state index contributed by atoms with van der Waals surface area (Å²) in [6.45, 7) is -0.0105. The zero-order valence-electron chi connectivity index (χ0n) is 10.9. The molecule has 0 heterocycles. The van der Waals surface area contributed by atoms with Gasteiger partial charge in [0.15, 0.2) is 0 Å². The molecule has 1 aliphatic carbocycles. The molecule has 0 radical (unpaired) electrons. The zero-order valence-corrected chi connectivity index (χ0v) is 10.9. The molecule has 1 aliphatic rings. The first-order valence-corrected chi connectivity index (χ1v) is 6.43. The van der Waals surface area contributed by atoms with Crippen LogP contribution in [0.4, 0.5) is 0 Å². The molecule has 0 atom stereocenters. The minimum atomic E-state index is -0.317. The lowest BCUT2D eigenvalue weighted by Gasteiger charge is -2.03. The van der Waals surface area contributed by atoms with Crippen molar-refractivity contribution in [3.05, 3.63) is 41.5 Å². The van der Waals surface area contributed by atoms with Gasteiger partial charge in [0.05, 0.1) is 6.07 Å². The van der Waals surface area contributed by atoms with E-state index >= 15 is 0 Å². The van der Waals surface area contributed by atoms with Crippen LogP contribution in [0.2, 0.25) is 0 Å². The summed E-state index contributed by atoms with van der Waals surface area (Å²) in [6.07, 6.45) is 5.11. The molecule has 0 bridgehead atoms. The second kappa shape index (κ2) is 6.53. The lowest BCUT2D eigenvalue weighted by molar-refractivity contribution is -0.116. The normalized spacial score (nSPS) is 13.8. The molecule has 0 aromatic heterocycles. The first-order valence-electron chi connectivity index (χ1n) is 6.43. The van der Waals surface area contributed by atoms with Crippen molar-refractivity contribution in [2.45, 2.75) is 18.9 Å². The van der Waals surface area contributed by atoms with E-state index < -0.39 is 0 Å². The molecule has 1 fully saturated rings. The van der Waals surface area contributed by atoms with Crippen LogP contribution >= 0.6 is 0 Å². The highest BCUT2D eigenvalue weighted by atomic mass is 16.2. The fourth-order valence-electron chi connectivity index (χ4n) is 1.60. The third-order valence-electron chi connectivity index (χ3n) is 2.85. The van der Waals surface area contributed by atoms with E-state index in [1.165, 1.54) is 6.08 Å². The number of carbonyl (C=O) groups is 2. The van der Waals surface area contributed by atoms with Gasteiger partial charge in [-0.2, -0.15) is 5.26 Å². The van der Waals surface area contributed by atoms with Gasteiger partial charge in [0.2, 0.25) is 5.91 Å². The average molecular weight is 269 g/mol. The van der Waals surface area contributed by atoms with Gasteiger partial charge in [-0.15, -0.1) is 0 Å². The Morgan fingerprint density at radius 1 is 1.30 bits per heavy atom. The highest BCUT2D eigenvalue weighted by Gasteiger charge is 2.23. The Labute approximate surface area is 117 Å². The monoisotopic (exact) mass is 269 g/mol. The summed E-state index contributed by atoms with van der Waals surface area (Å²) in [5, 5.41) is 13.6. The van der Waals surface area contributed by atoms with Crippen LogP contribution in [-0.2, 0) is 4.79 Å². The highest BCUT2D eigenvalue weighted by Crippen LogP contribution is 2.19. The third-order valence-corrected chi connectivity index (χ3v) is 2.85. The van der Waals surface area contributed by atoms with E-state index in [0.717, 1.165) is 18.4 Å². The summed E-state index contributed by atoms with van der Waals surface area (Å²) < 4.78 is 0. The van der Waals surface area contributed by atoms with Gasteiger partial charge in [0, 0.05) is 17.7 Å². The predicted molar refractivity (Wildman–Crippen MR) is 74.6 cm³/mol. The standard InChI is InChI=1S/C15H15N3O2/c16-9-10-17-14(19)8-3-11-1-4-12(5-2-11)15(20)18-13-6-7-13/h1-5,8,13H,6-7,10H2,(H,17,19)(H,18,20)/b8-3+. The zero-order chi connectivity index (χ0) is 14.4. The molecule has 1 saturated carbocycles. The lowest BCUT2D eigenvalue weighted by Crippen LogP contribution is -2.25. The Hall–Kier alpha value is -2.61. The fraction of sp³-hybridized carbons (Fsp3) is 0.267. The molecule has 2 amide bonds. The Morgan fingerprint density at radius 2 is 2.00 bits per heavy atom. The SMILES string of the molecule is N#CCNC(=O)/C=C/c1ccc(C(=O)NC2CC2)cc1. The Morgan fingerprint density at radius 3 is 2.60 bits per heavy atom. The third kappa shape index (κ3) is 4.25.